The fourth-order valence-electron chi connectivity index (χ4n) is 4.40. The predicted octanol–water partition coefficient (Wildman–Crippen LogP) is 4.21. The molecule has 2 aliphatic heterocycles. The molecule has 4 rings (SSSR count). The maximum atomic E-state index is 13.1. The molecule has 0 aliphatic carbocycles. The van der Waals surface area contributed by atoms with E-state index in [4.69, 9.17) is 4.74 Å². The number of rotatable bonds is 4. The summed E-state index contributed by atoms with van der Waals surface area (Å²) in [7, 11) is 0. The van der Waals surface area contributed by atoms with Gasteiger partial charge in [0.05, 0.1) is 17.7 Å². The number of hydrogen-bond acceptors (Lipinski definition) is 4. The molecule has 2 unspecified atom stereocenters. The van der Waals surface area contributed by atoms with E-state index in [2.05, 4.69) is 0 Å². The molecular weight excluding hydrogens is 378 g/mol. The Morgan fingerprint density at radius 1 is 1.10 bits per heavy atom. The standard InChI is InChI=1S/C25H27NO4/c1-15-6-4-7-18(12-15)22-21(23(27)20-13-16(2)9-10-17(20)3)24(28)25(29)26(22)14-19-8-5-11-30-19/h4,6-7,9-10,12-13,19,22,27H,5,8,11,14H2,1-3H3/b23-21+. The lowest BCUT2D eigenvalue weighted by Crippen LogP contribution is -2.36. The third kappa shape index (κ3) is 3.65. The second kappa shape index (κ2) is 8.07. The smallest absolute Gasteiger partial charge is 0.295 e. The first-order valence-corrected chi connectivity index (χ1v) is 10.4. The number of ketones is 1. The normalized spacial score (nSPS) is 23.4. The van der Waals surface area contributed by atoms with E-state index in [1.807, 2.05) is 63.2 Å². The van der Waals surface area contributed by atoms with Crippen LogP contribution in [0.15, 0.2) is 48.0 Å². The van der Waals surface area contributed by atoms with E-state index in [0.717, 1.165) is 35.1 Å². The summed E-state index contributed by atoms with van der Waals surface area (Å²) in [6.45, 7) is 6.81. The van der Waals surface area contributed by atoms with Gasteiger partial charge in [0.2, 0.25) is 0 Å². The Morgan fingerprint density at radius 3 is 2.57 bits per heavy atom. The molecule has 0 bridgehead atoms. The number of Topliss-reactive ketones (excluding diaryl/α,β-unsaturated/α-hetero) is 1. The molecular formula is C25H27NO4. The number of benzene rings is 2. The molecule has 0 radical (unpaired) electrons. The molecule has 2 atom stereocenters. The van der Waals surface area contributed by atoms with Crippen LogP contribution in [-0.2, 0) is 14.3 Å². The SMILES string of the molecule is Cc1cccc(C2/C(=C(\O)c3cc(C)ccc3C)C(=O)C(=O)N2CC2CCCO2)c1. The molecule has 1 N–H and O–H groups in total. The van der Waals surface area contributed by atoms with E-state index in [-0.39, 0.29) is 17.4 Å². The van der Waals surface area contributed by atoms with E-state index in [1.165, 1.54) is 0 Å². The molecule has 2 aromatic rings. The van der Waals surface area contributed by atoms with Gasteiger partial charge in [0.25, 0.3) is 11.7 Å². The van der Waals surface area contributed by atoms with Crippen LogP contribution in [0.3, 0.4) is 0 Å². The Balaban J connectivity index is 1.87. The van der Waals surface area contributed by atoms with Gasteiger partial charge < -0.3 is 14.7 Å². The highest BCUT2D eigenvalue weighted by Crippen LogP contribution is 2.40. The molecule has 156 valence electrons. The molecule has 5 nitrogen and oxygen atoms in total. The highest BCUT2D eigenvalue weighted by molar-refractivity contribution is 6.46. The van der Waals surface area contributed by atoms with E-state index in [1.54, 1.807) is 4.90 Å². The van der Waals surface area contributed by atoms with Gasteiger partial charge in [-0.1, -0.05) is 47.5 Å². The number of ether oxygens (including phenoxy) is 1. The Hall–Kier alpha value is -2.92. The first-order valence-electron chi connectivity index (χ1n) is 10.4. The van der Waals surface area contributed by atoms with E-state index in [0.29, 0.717) is 18.7 Å². The summed E-state index contributed by atoms with van der Waals surface area (Å²) in [6, 6.07) is 12.8. The number of aryl methyl sites for hydroxylation is 3. The Kier molecular flexibility index (Phi) is 5.48. The number of amides is 1. The average molecular weight is 405 g/mol. The summed E-state index contributed by atoms with van der Waals surface area (Å²) in [5.41, 5.74) is 4.41. The topological polar surface area (TPSA) is 66.8 Å². The van der Waals surface area contributed by atoms with Crippen LogP contribution in [0.1, 0.15) is 46.7 Å². The summed E-state index contributed by atoms with van der Waals surface area (Å²) < 4.78 is 5.74. The van der Waals surface area contributed by atoms with Crippen LogP contribution < -0.4 is 0 Å². The maximum Gasteiger partial charge on any atom is 0.295 e. The fraction of sp³-hybridized carbons (Fsp3) is 0.360. The number of nitrogens with zero attached hydrogens (tertiary/aromatic N) is 1. The maximum absolute atomic E-state index is 13.1. The quantitative estimate of drug-likeness (QED) is 0.470. The van der Waals surface area contributed by atoms with Gasteiger partial charge in [-0.05, 0) is 50.8 Å². The van der Waals surface area contributed by atoms with Gasteiger partial charge in [-0.25, -0.2) is 0 Å². The van der Waals surface area contributed by atoms with Crippen LogP contribution in [0, 0.1) is 20.8 Å². The highest BCUT2D eigenvalue weighted by atomic mass is 16.5. The van der Waals surface area contributed by atoms with Crippen LogP contribution in [0.25, 0.3) is 5.76 Å². The summed E-state index contributed by atoms with van der Waals surface area (Å²) in [5, 5.41) is 11.2. The third-order valence-corrected chi connectivity index (χ3v) is 5.97. The van der Waals surface area contributed by atoms with Crippen molar-refractivity contribution in [3.63, 3.8) is 0 Å². The van der Waals surface area contributed by atoms with Crippen molar-refractivity contribution in [3.05, 3.63) is 75.9 Å². The number of hydrogen-bond donors (Lipinski definition) is 1. The van der Waals surface area contributed by atoms with Crippen LogP contribution >= 0.6 is 0 Å². The molecule has 0 spiro atoms. The molecule has 2 aliphatic rings. The zero-order valence-corrected chi connectivity index (χ0v) is 17.6. The van der Waals surface area contributed by atoms with Gasteiger partial charge in [-0.3, -0.25) is 9.59 Å². The Bertz CT molecular complexity index is 1030. The Labute approximate surface area is 177 Å². The number of aliphatic hydroxyl groups is 1. The van der Waals surface area contributed by atoms with Gasteiger partial charge >= 0.3 is 0 Å². The van der Waals surface area contributed by atoms with Crippen molar-refractivity contribution < 1.29 is 19.4 Å². The molecule has 30 heavy (non-hydrogen) atoms. The van der Waals surface area contributed by atoms with E-state index < -0.39 is 17.7 Å². The van der Waals surface area contributed by atoms with Crippen LogP contribution in [0.2, 0.25) is 0 Å². The van der Waals surface area contributed by atoms with E-state index >= 15 is 0 Å². The molecule has 2 saturated heterocycles. The highest BCUT2D eigenvalue weighted by Gasteiger charge is 2.47. The zero-order valence-electron chi connectivity index (χ0n) is 17.6. The molecule has 0 aromatic heterocycles. The summed E-state index contributed by atoms with van der Waals surface area (Å²) in [4.78, 5) is 27.7. The van der Waals surface area contributed by atoms with Crippen molar-refractivity contribution in [2.24, 2.45) is 0 Å². The van der Waals surface area contributed by atoms with Gasteiger partial charge in [-0.15, -0.1) is 0 Å². The van der Waals surface area contributed by atoms with Crippen LogP contribution in [0.5, 0.6) is 0 Å². The predicted molar refractivity (Wildman–Crippen MR) is 115 cm³/mol. The Morgan fingerprint density at radius 2 is 1.87 bits per heavy atom. The summed E-state index contributed by atoms with van der Waals surface area (Å²) in [6.07, 6.45) is 1.73. The first-order chi connectivity index (χ1) is 14.4. The van der Waals surface area contributed by atoms with Crippen molar-refractivity contribution in [1.82, 2.24) is 4.90 Å². The number of carbonyl (C=O) groups is 2. The van der Waals surface area contributed by atoms with Crippen molar-refractivity contribution in [2.45, 2.75) is 45.8 Å². The molecule has 2 fully saturated rings. The van der Waals surface area contributed by atoms with Crippen LogP contribution in [0.4, 0.5) is 0 Å². The number of likely N-dealkylation sites (tertiary alicyclic amines) is 1. The van der Waals surface area contributed by atoms with Gasteiger partial charge in [0.15, 0.2) is 0 Å². The third-order valence-electron chi connectivity index (χ3n) is 5.97. The summed E-state index contributed by atoms with van der Waals surface area (Å²) in [5.74, 6) is -1.34. The molecule has 1 amide bonds. The monoisotopic (exact) mass is 405 g/mol. The van der Waals surface area contributed by atoms with Crippen molar-refractivity contribution in [3.8, 4) is 0 Å². The minimum absolute atomic E-state index is 0.0868. The minimum Gasteiger partial charge on any atom is -0.507 e. The van der Waals surface area contributed by atoms with Crippen molar-refractivity contribution in [2.75, 3.05) is 13.2 Å². The molecule has 2 heterocycles. The van der Waals surface area contributed by atoms with E-state index in [9.17, 15) is 14.7 Å². The van der Waals surface area contributed by atoms with Crippen molar-refractivity contribution >= 4 is 17.4 Å². The van der Waals surface area contributed by atoms with Gasteiger partial charge in [0, 0.05) is 18.7 Å². The number of aliphatic hydroxyl groups excluding tert-OH is 1. The first kappa shape index (κ1) is 20.4. The van der Waals surface area contributed by atoms with Gasteiger partial charge in [-0.2, -0.15) is 0 Å². The largest absolute Gasteiger partial charge is 0.507 e. The van der Waals surface area contributed by atoms with Gasteiger partial charge in [0.1, 0.15) is 5.76 Å². The lowest BCUT2D eigenvalue weighted by molar-refractivity contribution is -0.140. The zero-order chi connectivity index (χ0) is 21.4. The number of carbonyl (C=O) groups excluding carboxylic acids is 2. The minimum atomic E-state index is -0.641. The average Bonchev–Trinajstić information content (AvgIpc) is 3.32. The molecule has 2 aromatic carbocycles. The van der Waals surface area contributed by atoms with Crippen molar-refractivity contribution in [1.29, 1.82) is 0 Å². The summed E-state index contributed by atoms with van der Waals surface area (Å²) >= 11 is 0. The second-order valence-electron chi connectivity index (χ2n) is 8.32. The lowest BCUT2D eigenvalue weighted by atomic mass is 9.92. The fourth-order valence-corrected chi connectivity index (χ4v) is 4.40. The lowest BCUT2D eigenvalue weighted by Gasteiger charge is -2.27. The molecule has 5 heteroatoms. The molecule has 0 saturated carbocycles. The second-order valence-corrected chi connectivity index (χ2v) is 8.32. The van der Waals surface area contributed by atoms with Crippen LogP contribution in [-0.4, -0.2) is 41.0 Å².